The summed E-state index contributed by atoms with van der Waals surface area (Å²) in [6, 6.07) is 14.3. The minimum atomic E-state index is -0.420. The Balaban J connectivity index is 1.35. The first-order valence-corrected chi connectivity index (χ1v) is 10.1. The highest BCUT2D eigenvalue weighted by Gasteiger charge is 2.49. The molecule has 0 aliphatic carbocycles. The number of hydrogen-bond donors (Lipinski definition) is 1. The quantitative estimate of drug-likeness (QED) is 0.865. The van der Waals surface area contributed by atoms with Crippen molar-refractivity contribution >= 4 is 34.7 Å². The molecule has 2 aromatic carbocycles. The highest BCUT2D eigenvalue weighted by molar-refractivity contribution is 7.99. The van der Waals surface area contributed by atoms with Gasteiger partial charge in [0.1, 0.15) is 0 Å². The van der Waals surface area contributed by atoms with Crippen molar-refractivity contribution in [2.75, 3.05) is 44.3 Å². The molecule has 0 aromatic heterocycles. The molecule has 4 nitrogen and oxygen atoms in total. The number of rotatable bonds is 4. The fourth-order valence-corrected chi connectivity index (χ4v) is 5.41. The highest BCUT2D eigenvalue weighted by Crippen LogP contribution is 2.48. The number of likely N-dealkylation sites (tertiary alicyclic amines) is 1. The summed E-state index contributed by atoms with van der Waals surface area (Å²) in [6.07, 6.45) is -0.420. The van der Waals surface area contributed by atoms with Crippen LogP contribution in [-0.2, 0) is 4.74 Å². The van der Waals surface area contributed by atoms with Gasteiger partial charge in [0.15, 0.2) is 0 Å². The Hall–Kier alpha value is -1.24. The van der Waals surface area contributed by atoms with E-state index in [0.717, 1.165) is 42.7 Å². The molecule has 1 spiro atoms. The number of ether oxygens (including phenoxy) is 1. The summed E-state index contributed by atoms with van der Waals surface area (Å²) in [5, 5.41) is 11.5. The topological polar surface area (TPSA) is 35.9 Å². The van der Waals surface area contributed by atoms with Crippen LogP contribution in [0.2, 0.25) is 5.02 Å². The second-order valence-electron chi connectivity index (χ2n) is 7.61. The molecular formula is C20H21ClN2O2S. The Morgan fingerprint density at radius 1 is 1.08 bits per heavy atom. The SMILES string of the molecule is OC(CN1CC2(COC2)C1)CN1c2ccccc2Sc2ccc(Cl)cc21. The molecule has 2 aromatic rings. The smallest absolute Gasteiger partial charge is 0.0845 e. The summed E-state index contributed by atoms with van der Waals surface area (Å²) in [7, 11) is 0. The summed E-state index contributed by atoms with van der Waals surface area (Å²) in [6.45, 7) is 5.09. The summed E-state index contributed by atoms with van der Waals surface area (Å²) < 4.78 is 5.33. The first-order valence-electron chi connectivity index (χ1n) is 8.94. The van der Waals surface area contributed by atoms with Gasteiger partial charge in [-0.05, 0) is 30.3 Å². The van der Waals surface area contributed by atoms with Crippen LogP contribution in [0.25, 0.3) is 0 Å². The van der Waals surface area contributed by atoms with E-state index in [1.54, 1.807) is 11.8 Å². The van der Waals surface area contributed by atoms with Gasteiger partial charge in [0, 0.05) is 39.9 Å². The lowest BCUT2D eigenvalue weighted by atomic mass is 9.78. The van der Waals surface area contributed by atoms with Crippen LogP contribution >= 0.6 is 23.4 Å². The number of halogens is 1. The van der Waals surface area contributed by atoms with Crippen molar-refractivity contribution in [1.82, 2.24) is 4.90 Å². The predicted molar refractivity (Wildman–Crippen MR) is 105 cm³/mol. The molecule has 1 N–H and O–H groups in total. The Kier molecular flexibility index (Phi) is 4.18. The van der Waals surface area contributed by atoms with E-state index >= 15 is 0 Å². The molecule has 0 bridgehead atoms. The monoisotopic (exact) mass is 388 g/mol. The van der Waals surface area contributed by atoms with E-state index in [9.17, 15) is 5.11 Å². The van der Waals surface area contributed by atoms with Gasteiger partial charge in [0.25, 0.3) is 0 Å². The second kappa shape index (κ2) is 6.43. The van der Waals surface area contributed by atoms with Crippen LogP contribution in [0.15, 0.2) is 52.3 Å². The molecule has 1 unspecified atom stereocenters. The molecular weight excluding hydrogens is 368 g/mol. The number of hydrogen-bond acceptors (Lipinski definition) is 5. The van der Waals surface area contributed by atoms with Crippen molar-refractivity contribution < 1.29 is 9.84 Å². The van der Waals surface area contributed by atoms with Crippen LogP contribution in [0, 0.1) is 5.41 Å². The van der Waals surface area contributed by atoms with Crippen LogP contribution in [0.1, 0.15) is 0 Å². The number of aliphatic hydroxyl groups is 1. The lowest BCUT2D eigenvalue weighted by Gasteiger charge is -2.55. The molecule has 136 valence electrons. The molecule has 0 radical (unpaired) electrons. The largest absolute Gasteiger partial charge is 0.390 e. The van der Waals surface area contributed by atoms with E-state index in [1.165, 1.54) is 9.79 Å². The highest BCUT2D eigenvalue weighted by atomic mass is 35.5. The first-order chi connectivity index (χ1) is 12.6. The van der Waals surface area contributed by atoms with E-state index in [4.69, 9.17) is 16.3 Å². The molecule has 3 heterocycles. The van der Waals surface area contributed by atoms with Gasteiger partial charge in [-0.2, -0.15) is 0 Å². The minimum Gasteiger partial charge on any atom is -0.390 e. The molecule has 3 aliphatic rings. The van der Waals surface area contributed by atoms with E-state index in [1.807, 2.05) is 18.2 Å². The van der Waals surface area contributed by atoms with Gasteiger partial charge in [0.2, 0.25) is 0 Å². The summed E-state index contributed by atoms with van der Waals surface area (Å²) in [5.74, 6) is 0. The fraction of sp³-hybridized carbons (Fsp3) is 0.400. The average Bonchev–Trinajstić information content (AvgIpc) is 2.56. The number of nitrogens with zero attached hydrogens (tertiary/aromatic N) is 2. The van der Waals surface area contributed by atoms with Crippen LogP contribution in [0.4, 0.5) is 11.4 Å². The zero-order valence-corrected chi connectivity index (χ0v) is 16.0. The molecule has 2 saturated heterocycles. The lowest BCUT2D eigenvalue weighted by Crippen LogP contribution is -2.67. The van der Waals surface area contributed by atoms with Crippen LogP contribution in [-0.4, -0.2) is 55.5 Å². The molecule has 0 amide bonds. The third kappa shape index (κ3) is 2.92. The van der Waals surface area contributed by atoms with Crippen molar-refractivity contribution in [2.45, 2.75) is 15.9 Å². The normalized spacial score (nSPS) is 21.5. The van der Waals surface area contributed by atoms with Crippen LogP contribution in [0.3, 0.4) is 0 Å². The van der Waals surface area contributed by atoms with Gasteiger partial charge < -0.3 is 14.7 Å². The molecule has 6 heteroatoms. The molecule has 26 heavy (non-hydrogen) atoms. The Morgan fingerprint density at radius 3 is 2.62 bits per heavy atom. The number of aliphatic hydroxyl groups excluding tert-OH is 1. The van der Waals surface area contributed by atoms with Gasteiger partial charge in [-0.1, -0.05) is 35.5 Å². The van der Waals surface area contributed by atoms with Gasteiger partial charge in [-0.3, -0.25) is 4.90 Å². The maximum absolute atomic E-state index is 10.8. The van der Waals surface area contributed by atoms with Gasteiger partial charge >= 0.3 is 0 Å². The minimum absolute atomic E-state index is 0.383. The third-order valence-corrected chi connectivity index (χ3v) is 6.75. The summed E-state index contributed by atoms with van der Waals surface area (Å²) in [4.78, 5) is 6.93. The van der Waals surface area contributed by atoms with Crippen molar-refractivity contribution in [3.63, 3.8) is 0 Å². The van der Waals surface area contributed by atoms with Gasteiger partial charge in [-0.25, -0.2) is 0 Å². The van der Waals surface area contributed by atoms with E-state index in [2.05, 4.69) is 34.1 Å². The number of benzene rings is 2. The standard InChI is InChI=1S/C20H21ClN2O2S/c21-14-5-6-19-17(7-14)23(16-3-1-2-4-18(16)26-19)9-15(24)8-22-10-20(11-22)12-25-13-20/h1-7,15,24H,8-13H2. The van der Waals surface area contributed by atoms with Crippen molar-refractivity contribution in [3.05, 3.63) is 47.5 Å². The Bertz CT molecular complexity index is 834. The number of para-hydroxylation sites is 1. The van der Waals surface area contributed by atoms with Crippen molar-refractivity contribution in [2.24, 2.45) is 5.41 Å². The van der Waals surface area contributed by atoms with Crippen LogP contribution < -0.4 is 4.90 Å². The molecule has 1 atom stereocenters. The maximum Gasteiger partial charge on any atom is 0.0845 e. The third-order valence-electron chi connectivity index (χ3n) is 5.38. The lowest BCUT2D eigenvalue weighted by molar-refractivity contribution is -0.192. The molecule has 5 rings (SSSR count). The zero-order chi connectivity index (χ0) is 17.7. The summed E-state index contributed by atoms with van der Waals surface area (Å²) >= 11 is 8.01. The second-order valence-corrected chi connectivity index (χ2v) is 9.13. The molecule has 3 aliphatic heterocycles. The first kappa shape index (κ1) is 16.9. The number of anilines is 2. The average molecular weight is 389 g/mol. The van der Waals surface area contributed by atoms with Gasteiger partial charge in [-0.15, -0.1) is 0 Å². The van der Waals surface area contributed by atoms with E-state index in [-0.39, 0.29) is 0 Å². The summed E-state index contributed by atoms with van der Waals surface area (Å²) in [5.41, 5.74) is 2.60. The maximum atomic E-state index is 10.8. The van der Waals surface area contributed by atoms with E-state index in [0.29, 0.717) is 18.5 Å². The van der Waals surface area contributed by atoms with Crippen LogP contribution in [0.5, 0.6) is 0 Å². The van der Waals surface area contributed by atoms with Crippen molar-refractivity contribution in [3.8, 4) is 0 Å². The molecule has 2 fully saturated rings. The fourth-order valence-electron chi connectivity index (χ4n) is 4.17. The predicted octanol–water partition coefficient (Wildman–Crippen LogP) is 3.64. The number of fused-ring (bicyclic) bond motifs is 2. The zero-order valence-electron chi connectivity index (χ0n) is 14.4. The Labute approximate surface area is 162 Å². The Morgan fingerprint density at radius 2 is 1.85 bits per heavy atom. The molecule has 0 saturated carbocycles. The van der Waals surface area contributed by atoms with Gasteiger partial charge in [0.05, 0.1) is 37.2 Å². The van der Waals surface area contributed by atoms with Crippen molar-refractivity contribution in [1.29, 1.82) is 0 Å². The number of β-amino-alcohol motifs (C(OH)–C–C–N with tert-alkyl or cyclic N) is 1. The van der Waals surface area contributed by atoms with E-state index < -0.39 is 6.10 Å².